The summed E-state index contributed by atoms with van der Waals surface area (Å²) >= 11 is 0. The quantitative estimate of drug-likeness (QED) is 0.777. The second-order valence-corrected chi connectivity index (χ2v) is 5.51. The van der Waals surface area contributed by atoms with Gasteiger partial charge in [0.05, 0.1) is 6.04 Å². The Kier molecular flexibility index (Phi) is 2.72. The first-order chi connectivity index (χ1) is 7.83. The molecule has 3 heteroatoms. The maximum Gasteiger partial charge on any atom is 0.0646 e. The van der Waals surface area contributed by atoms with E-state index < -0.39 is 0 Å². The summed E-state index contributed by atoms with van der Waals surface area (Å²) in [6.45, 7) is 6.18. The van der Waals surface area contributed by atoms with Gasteiger partial charge in [-0.1, -0.05) is 6.92 Å². The molecular weight excluding hydrogens is 198 g/mol. The maximum atomic E-state index is 4.37. The van der Waals surface area contributed by atoms with Crippen LogP contribution in [0, 0.1) is 11.8 Å². The molecule has 1 aromatic rings. The van der Waals surface area contributed by atoms with E-state index in [2.05, 4.69) is 27.8 Å². The molecule has 1 saturated heterocycles. The van der Waals surface area contributed by atoms with Crippen LogP contribution in [0.2, 0.25) is 0 Å². The van der Waals surface area contributed by atoms with Crippen LogP contribution < -0.4 is 0 Å². The molecule has 3 atom stereocenters. The maximum absolute atomic E-state index is 4.37. The van der Waals surface area contributed by atoms with E-state index in [0.717, 1.165) is 11.8 Å². The van der Waals surface area contributed by atoms with Gasteiger partial charge in [-0.15, -0.1) is 0 Å². The Labute approximate surface area is 97.4 Å². The third-order valence-electron chi connectivity index (χ3n) is 4.15. The number of nitrogens with zero attached hydrogens (tertiary/aromatic N) is 3. The van der Waals surface area contributed by atoms with Crippen molar-refractivity contribution >= 4 is 0 Å². The van der Waals surface area contributed by atoms with Crippen LogP contribution in [0.15, 0.2) is 18.5 Å². The van der Waals surface area contributed by atoms with Gasteiger partial charge in [-0.05, 0) is 43.7 Å². The van der Waals surface area contributed by atoms with Crippen molar-refractivity contribution in [1.29, 1.82) is 0 Å². The predicted octanol–water partition coefficient (Wildman–Crippen LogP) is 2.18. The molecule has 16 heavy (non-hydrogen) atoms. The minimum Gasteiger partial charge on any atom is -0.301 e. The molecule has 1 aliphatic carbocycles. The summed E-state index contributed by atoms with van der Waals surface area (Å²) in [5.74, 6) is 1.96. The molecule has 0 radical (unpaired) electrons. The van der Waals surface area contributed by atoms with Crippen LogP contribution in [0.25, 0.3) is 0 Å². The van der Waals surface area contributed by atoms with E-state index >= 15 is 0 Å². The number of likely N-dealkylation sites (tertiary alicyclic amines) is 1. The zero-order valence-corrected chi connectivity index (χ0v) is 10.0. The van der Waals surface area contributed by atoms with Gasteiger partial charge in [-0.3, -0.25) is 4.68 Å². The number of hydrogen-bond acceptors (Lipinski definition) is 2. The fourth-order valence-electron chi connectivity index (χ4n) is 2.89. The van der Waals surface area contributed by atoms with E-state index in [0.29, 0.717) is 6.04 Å². The number of piperidine rings is 1. The summed E-state index contributed by atoms with van der Waals surface area (Å²) in [7, 11) is 0. The molecule has 3 nitrogen and oxygen atoms in total. The second-order valence-electron chi connectivity index (χ2n) is 5.51. The molecule has 2 fully saturated rings. The van der Waals surface area contributed by atoms with Crippen molar-refractivity contribution in [3.05, 3.63) is 18.5 Å². The molecule has 0 amide bonds. The van der Waals surface area contributed by atoms with Gasteiger partial charge < -0.3 is 4.90 Å². The van der Waals surface area contributed by atoms with Crippen molar-refractivity contribution < 1.29 is 0 Å². The normalized spacial score (nSPS) is 35.2. The van der Waals surface area contributed by atoms with Crippen LogP contribution in [0.3, 0.4) is 0 Å². The smallest absolute Gasteiger partial charge is 0.0646 e. The Balaban J connectivity index is 1.57. The average Bonchev–Trinajstić information content (AvgIpc) is 2.83. The van der Waals surface area contributed by atoms with Gasteiger partial charge in [0.2, 0.25) is 0 Å². The lowest BCUT2D eigenvalue weighted by Crippen LogP contribution is -2.38. The molecule has 0 bridgehead atoms. The highest BCUT2D eigenvalue weighted by molar-refractivity contribution is 4.89. The molecule has 0 aromatic carbocycles. The number of aromatic nitrogens is 2. The first-order valence-electron chi connectivity index (χ1n) is 6.54. The fraction of sp³-hybridized carbons (Fsp3) is 0.769. The first-order valence-corrected chi connectivity index (χ1v) is 6.54. The summed E-state index contributed by atoms with van der Waals surface area (Å²) in [6.07, 6.45) is 8.06. The zero-order chi connectivity index (χ0) is 11.0. The molecule has 0 spiro atoms. The predicted molar refractivity (Wildman–Crippen MR) is 64.2 cm³/mol. The molecule has 0 N–H and O–H groups in total. The third kappa shape index (κ3) is 2.14. The SMILES string of the molecule is C[C@@H]1C[C@H]1CN1CCC[C@@H](n2cccn2)C1. The molecule has 2 heterocycles. The van der Waals surface area contributed by atoms with Gasteiger partial charge in [-0.2, -0.15) is 5.10 Å². The summed E-state index contributed by atoms with van der Waals surface area (Å²) in [4.78, 5) is 2.64. The highest BCUT2D eigenvalue weighted by Crippen LogP contribution is 2.39. The minimum absolute atomic E-state index is 0.609. The highest BCUT2D eigenvalue weighted by Gasteiger charge is 2.35. The van der Waals surface area contributed by atoms with Crippen LogP contribution in [-0.4, -0.2) is 34.3 Å². The van der Waals surface area contributed by atoms with Gasteiger partial charge in [0.25, 0.3) is 0 Å². The van der Waals surface area contributed by atoms with Crippen LogP contribution >= 0.6 is 0 Å². The molecule has 2 aliphatic rings. The van der Waals surface area contributed by atoms with Crippen molar-refractivity contribution in [3.63, 3.8) is 0 Å². The third-order valence-corrected chi connectivity index (χ3v) is 4.15. The average molecular weight is 219 g/mol. The number of hydrogen-bond donors (Lipinski definition) is 0. The summed E-state index contributed by atoms with van der Waals surface area (Å²) < 4.78 is 2.14. The molecule has 1 saturated carbocycles. The molecule has 3 rings (SSSR count). The van der Waals surface area contributed by atoms with E-state index in [1.54, 1.807) is 0 Å². The van der Waals surface area contributed by atoms with Gasteiger partial charge in [-0.25, -0.2) is 0 Å². The van der Waals surface area contributed by atoms with Gasteiger partial charge >= 0.3 is 0 Å². The minimum atomic E-state index is 0.609. The molecule has 1 aromatic heterocycles. The molecule has 0 unspecified atom stereocenters. The largest absolute Gasteiger partial charge is 0.301 e. The Hall–Kier alpha value is -0.830. The van der Waals surface area contributed by atoms with Crippen molar-refractivity contribution in [3.8, 4) is 0 Å². The van der Waals surface area contributed by atoms with Crippen LogP contribution in [-0.2, 0) is 0 Å². The van der Waals surface area contributed by atoms with E-state index in [1.165, 1.54) is 38.9 Å². The van der Waals surface area contributed by atoms with Crippen molar-refractivity contribution in [2.75, 3.05) is 19.6 Å². The lowest BCUT2D eigenvalue weighted by molar-refractivity contribution is 0.162. The van der Waals surface area contributed by atoms with Crippen molar-refractivity contribution in [1.82, 2.24) is 14.7 Å². The highest BCUT2D eigenvalue weighted by atomic mass is 15.3. The summed E-state index contributed by atoms with van der Waals surface area (Å²) in [5.41, 5.74) is 0. The fourth-order valence-corrected chi connectivity index (χ4v) is 2.89. The van der Waals surface area contributed by atoms with Gasteiger partial charge in [0.15, 0.2) is 0 Å². The Morgan fingerprint density at radius 3 is 3.00 bits per heavy atom. The zero-order valence-electron chi connectivity index (χ0n) is 10.0. The van der Waals surface area contributed by atoms with E-state index in [-0.39, 0.29) is 0 Å². The van der Waals surface area contributed by atoms with Gasteiger partial charge in [0.1, 0.15) is 0 Å². The molecule has 1 aliphatic heterocycles. The standard InChI is InChI=1S/C13H21N3/c1-11-8-12(11)9-15-6-2-4-13(10-15)16-7-3-5-14-16/h3,5,7,11-13H,2,4,6,8-10H2,1H3/t11-,12+,13-/m1/s1. The van der Waals surface area contributed by atoms with Gasteiger partial charge in [0, 0.05) is 25.5 Å². The Morgan fingerprint density at radius 2 is 2.31 bits per heavy atom. The topological polar surface area (TPSA) is 21.1 Å². The summed E-state index contributed by atoms with van der Waals surface area (Å²) in [6, 6.07) is 2.64. The van der Waals surface area contributed by atoms with E-state index in [4.69, 9.17) is 0 Å². The van der Waals surface area contributed by atoms with Crippen molar-refractivity contribution in [2.45, 2.75) is 32.2 Å². The Bertz CT molecular complexity index is 333. The monoisotopic (exact) mass is 219 g/mol. The van der Waals surface area contributed by atoms with E-state index in [9.17, 15) is 0 Å². The Morgan fingerprint density at radius 1 is 1.44 bits per heavy atom. The van der Waals surface area contributed by atoms with Crippen LogP contribution in [0.5, 0.6) is 0 Å². The number of rotatable bonds is 3. The lowest BCUT2D eigenvalue weighted by atomic mass is 10.1. The molecule has 88 valence electrons. The van der Waals surface area contributed by atoms with E-state index in [1.807, 2.05) is 12.3 Å². The van der Waals surface area contributed by atoms with Crippen molar-refractivity contribution in [2.24, 2.45) is 11.8 Å². The van der Waals surface area contributed by atoms with Crippen LogP contribution in [0.4, 0.5) is 0 Å². The first kappa shape index (κ1) is 10.3. The lowest BCUT2D eigenvalue weighted by Gasteiger charge is -2.32. The molecular formula is C13H21N3. The van der Waals surface area contributed by atoms with Crippen LogP contribution in [0.1, 0.15) is 32.2 Å². The second kappa shape index (κ2) is 4.21. The summed E-state index contributed by atoms with van der Waals surface area (Å²) in [5, 5.41) is 4.37.